The highest BCUT2D eigenvalue weighted by Crippen LogP contribution is 2.25. The van der Waals surface area contributed by atoms with E-state index >= 15 is 0 Å². The maximum Gasteiger partial charge on any atom is 0.357 e. The Morgan fingerprint density at radius 3 is 2.55 bits per heavy atom. The van der Waals surface area contributed by atoms with Crippen LogP contribution in [0.4, 0.5) is 5.82 Å². The first-order valence-electron chi connectivity index (χ1n) is 10.3. The van der Waals surface area contributed by atoms with Crippen LogP contribution in [-0.2, 0) is 6.54 Å². The highest BCUT2D eigenvalue weighted by atomic mass is 16.4. The zero-order valence-electron chi connectivity index (χ0n) is 18.0. The maximum atomic E-state index is 13.7. The summed E-state index contributed by atoms with van der Waals surface area (Å²) in [6, 6.07) is 15.2. The second kappa shape index (κ2) is 7.56. The molecular weight excluding hydrogens is 420 g/mol. The summed E-state index contributed by atoms with van der Waals surface area (Å²) in [5.74, 6) is -1.19. The van der Waals surface area contributed by atoms with Crippen LogP contribution in [0.25, 0.3) is 27.5 Å². The van der Waals surface area contributed by atoms with Crippen LogP contribution in [0.15, 0.2) is 59.7 Å². The number of carboxylic acid groups (broad SMARTS) is 1. The molecule has 33 heavy (non-hydrogen) atoms. The minimum absolute atomic E-state index is 0.0362. The average molecular weight is 440 g/mol. The van der Waals surface area contributed by atoms with Crippen LogP contribution in [0.2, 0.25) is 0 Å². The molecule has 3 N–H and O–H groups in total. The fourth-order valence-electron chi connectivity index (χ4n) is 4.23. The lowest BCUT2D eigenvalue weighted by atomic mass is 10.1. The van der Waals surface area contributed by atoms with Gasteiger partial charge in [-0.2, -0.15) is 5.10 Å². The van der Waals surface area contributed by atoms with Crippen molar-refractivity contribution in [2.45, 2.75) is 20.4 Å². The molecule has 3 heterocycles. The number of aromatic nitrogens is 5. The normalized spacial score (nSPS) is 11.3. The van der Waals surface area contributed by atoms with Crippen LogP contribution in [0.5, 0.6) is 0 Å². The van der Waals surface area contributed by atoms with Crippen molar-refractivity contribution in [3.8, 4) is 5.69 Å². The number of hydrogen-bond acceptors (Lipinski definition) is 6. The van der Waals surface area contributed by atoms with Crippen molar-refractivity contribution < 1.29 is 9.90 Å². The number of pyridine rings is 1. The SMILES string of the molecule is Cc1ccccc1-n1c(Cn2nc(C(=O)O)c3c(N)ncnc32)cc2cccc(C)c2c1=O. The molecule has 0 aliphatic carbocycles. The van der Waals surface area contributed by atoms with Gasteiger partial charge in [0.25, 0.3) is 5.56 Å². The summed E-state index contributed by atoms with van der Waals surface area (Å²) >= 11 is 0. The largest absolute Gasteiger partial charge is 0.476 e. The lowest BCUT2D eigenvalue weighted by Gasteiger charge is -2.17. The van der Waals surface area contributed by atoms with E-state index in [1.54, 1.807) is 4.57 Å². The number of aryl methyl sites for hydroxylation is 2. The van der Waals surface area contributed by atoms with Crippen molar-refractivity contribution in [2.75, 3.05) is 5.73 Å². The van der Waals surface area contributed by atoms with Gasteiger partial charge in [-0.3, -0.25) is 9.36 Å². The van der Waals surface area contributed by atoms with Gasteiger partial charge in [-0.15, -0.1) is 0 Å². The molecule has 164 valence electrons. The smallest absolute Gasteiger partial charge is 0.357 e. The van der Waals surface area contributed by atoms with E-state index < -0.39 is 5.97 Å². The van der Waals surface area contributed by atoms with Crippen molar-refractivity contribution in [1.82, 2.24) is 24.3 Å². The molecule has 0 spiro atoms. The third-order valence-electron chi connectivity index (χ3n) is 5.76. The topological polar surface area (TPSA) is 129 Å². The third-order valence-corrected chi connectivity index (χ3v) is 5.76. The standard InChI is InChI=1S/C24H20N6O3/c1-13-6-3-4-9-17(13)30-16(10-15-8-5-7-14(2)18(15)23(30)31)11-29-22-19(20(28-29)24(32)33)21(25)26-12-27-22/h3-10,12H,11H2,1-2H3,(H,32,33)(H2,25,26,27). The number of nitrogens with zero attached hydrogens (tertiary/aromatic N) is 5. The summed E-state index contributed by atoms with van der Waals surface area (Å²) in [7, 11) is 0. The van der Waals surface area contributed by atoms with Crippen molar-refractivity contribution in [1.29, 1.82) is 0 Å². The number of benzene rings is 2. The zero-order valence-corrected chi connectivity index (χ0v) is 18.0. The van der Waals surface area contributed by atoms with E-state index in [-0.39, 0.29) is 34.6 Å². The number of fused-ring (bicyclic) bond motifs is 2. The van der Waals surface area contributed by atoms with Crippen molar-refractivity contribution in [2.24, 2.45) is 0 Å². The molecule has 0 aliphatic rings. The van der Waals surface area contributed by atoms with Crippen LogP contribution in [0, 0.1) is 13.8 Å². The molecule has 0 saturated carbocycles. The highest BCUT2D eigenvalue weighted by molar-refractivity contribution is 6.04. The Bertz CT molecular complexity index is 1630. The van der Waals surface area contributed by atoms with Gasteiger partial charge in [0.2, 0.25) is 0 Å². The molecule has 5 rings (SSSR count). The van der Waals surface area contributed by atoms with E-state index in [0.29, 0.717) is 11.1 Å². The quantitative estimate of drug-likeness (QED) is 0.439. The molecule has 0 amide bonds. The Labute approximate surface area is 187 Å². The Balaban J connectivity index is 1.82. The minimum Gasteiger partial charge on any atom is -0.476 e. The number of nitrogens with two attached hydrogens (primary N) is 1. The van der Waals surface area contributed by atoms with E-state index in [1.165, 1.54) is 11.0 Å². The second-order valence-electron chi connectivity index (χ2n) is 7.87. The number of nitrogen functional groups attached to an aromatic ring is 1. The summed E-state index contributed by atoms with van der Waals surface area (Å²) in [5.41, 5.74) is 9.01. The van der Waals surface area contributed by atoms with Gasteiger partial charge < -0.3 is 10.8 Å². The Morgan fingerprint density at radius 2 is 1.79 bits per heavy atom. The number of aromatic carboxylic acids is 1. The fraction of sp³-hybridized carbons (Fsp3) is 0.125. The lowest BCUT2D eigenvalue weighted by Crippen LogP contribution is -2.25. The molecule has 9 heteroatoms. The lowest BCUT2D eigenvalue weighted by molar-refractivity contribution is 0.0691. The van der Waals surface area contributed by atoms with E-state index in [1.807, 2.05) is 62.4 Å². The Morgan fingerprint density at radius 1 is 1.03 bits per heavy atom. The molecule has 0 unspecified atom stereocenters. The molecule has 5 aromatic rings. The van der Waals surface area contributed by atoms with Gasteiger partial charge >= 0.3 is 5.97 Å². The van der Waals surface area contributed by atoms with Crippen LogP contribution in [-0.4, -0.2) is 35.4 Å². The van der Waals surface area contributed by atoms with Gasteiger partial charge in [-0.25, -0.2) is 19.4 Å². The summed E-state index contributed by atoms with van der Waals surface area (Å²) < 4.78 is 3.10. The highest BCUT2D eigenvalue weighted by Gasteiger charge is 2.22. The molecule has 0 atom stereocenters. The number of rotatable bonds is 4. The van der Waals surface area contributed by atoms with Crippen LogP contribution < -0.4 is 11.3 Å². The van der Waals surface area contributed by atoms with Gasteiger partial charge in [-0.1, -0.05) is 36.4 Å². The van der Waals surface area contributed by atoms with E-state index in [9.17, 15) is 14.7 Å². The Hall–Kier alpha value is -4.53. The van der Waals surface area contributed by atoms with Gasteiger partial charge in [0.15, 0.2) is 11.3 Å². The predicted molar refractivity (Wildman–Crippen MR) is 125 cm³/mol. The van der Waals surface area contributed by atoms with Gasteiger partial charge in [0.1, 0.15) is 12.1 Å². The van der Waals surface area contributed by atoms with Crippen molar-refractivity contribution >= 4 is 33.6 Å². The average Bonchev–Trinajstić information content (AvgIpc) is 3.15. The van der Waals surface area contributed by atoms with Gasteiger partial charge in [0, 0.05) is 5.69 Å². The minimum atomic E-state index is -1.23. The summed E-state index contributed by atoms with van der Waals surface area (Å²) in [5, 5.41) is 15.5. The molecule has 0 saturated heterocycles. The first-order chi connectivity index (χ1) is 15.9. The van der Waals surface area contributed by atoms with E-state index in [2.05, 4.69) is 15.1 Å². The molecule has 0 fully saturated rings. The molecule has 2 aromatic carbocycles. The van der Waals surface area contributed by atoms with E-state index in [0.717, 1.165) is 22.2 Å². The summed E-state index contributed by atoms with van der Waals surface area (Å²) in [6.45, 7) is 3.95. The number of hydrogen-bond donors (Lipinski definition) is 2. The van der Waals surface area contributed by atoms with E-state index in [4.69, 9.17) is 5.73 Å². The first kappa shape index (κ1) is 20.4. The van der Waals surface area contributed by atoms with Crippen LogP contribution in [0.3, 0.4) is 0 Å². The van der Waals surface area contributed by atoms with Crippen molar-refractivity contribution in [3.05, 3.63) is 87.7 Å². The molecule has 0 radical (unpaired) electrons. The van der Waals surface area contributed by atoms with Crippen LogP contribution in [0.1, 0.15) is 27.3 Å². The predicted octanol–water partition coefficient (Wildman–Crippen LogP) is 3.08. The second-order valence-corrected chi connectivity index (χ2v) is 7.87. The third kappa shape index (κ3) is 3.21. The molecule has 9 nitrogen and oxygen atoms in total. The summed E-state index contributed by atoms with van der Waals surface area (Å²) in [4.78, 5) is 33.7. The van der Waals surface area contributed by atoms with Gasteiger partial charge in [0.05, 0.1) is 23.0 Å². The maximum absolute atomic E-state index is 13.7. The molecule has 0 aliphatic heterocycles. The number of para-hydroxylation sites is 1. The number of anilines is 1. The monoisotopic (exact) mass is 440 g/mol. The number of carbonyl (C=O) groups is 1. The first-order valence-corrected chi connectivity index (χ1v) is 10.3. The zero-order chi connectivity index (χ0) is 23.3. The summed E-state index contributed by atoms with van der Waals surface area (Å²) in [6.07, 6.45) is 1.26. The molecule has 0 bridgehead atoms. The number of carboxylic acids is 1. The fourth-order valence-corrected chi connectivity index (χ4v) is 4.23. The van der Waals surface area contributed by atoms with Gasteiger partial charge in [-0.05, 0) is 42.5 Å². The Kier molecular flexibility index (Phi) is 4.67. The molecule has 3 aromatic heterocycles. The molecular formula is C24H20N6O3. The van der Waals surface area contributed by atoms with Crippen molar-refractivity contribution in [3.63, 3.8) is 0 Å². The van der Waals surface area contributed by atoms with Crippen LogP contribution >= 0.6 is 0 Å².